The molecule has 19 heavy (non-hydrogen) atoms. The quantitative estimate of drug-likeness (QED) is 0.721. The molecule has 1 aliphatic heterocycles. The number of amides is 1. The lowest BCUT2D eigenvalue weighted by Crippen LogP contribution is -2.40. The van der Waals surface area contributed by atoms with Crippen LogP contribution in [0.15, 0.2) is 42.5 Å². The van der Waals surface area contributed by atoms with Crippen LogP contribution in [-0.4, -0.2) is 29.7 Å². The molecule has 0 saturated carbocycles. The molecule has 2 rings (SSSR count). The van der Waals surface area contributed by atoms with E-state index in [1.165, 1.54) is 5.56 Å². The summed E-state index contributed by atoms with van der Waals surface area (Å²) >= 11 is 0. The standard InChI is InChI=1S/C16H21NO2/c1-16(2,3)19-15(18)17-11-7-10-14(12-17)13-8-5-4-6-9-13/h4-10,14H,11-12H2,1-3H3/t14-/m0/s1. The number of ether oxygens (including phenoxy) is 1. The first kappa shape index (κ1) is 13.7. The highest BCUT2D eigenvalue weighted by Gasteiger charge is 2.25. The lowest BCUT2D eigenvalue weighted by Gasteiger charge is -2.31. The highest BCUT2D eigenvalue weighted by Crippen LogP contribution is 2.23. The van der Waals surface area contributed by atoms with Crippen molar-refractivity contribution in [3.63, 3.8) is 0 Å². The third-order valence-electron chi connectivity index (χ3n) is 2.99. The lowest BCUT2D eigenvalue weighted by atomic mass is 9.96. The molecule has 0 aliphatic carbocycles. The van der Waals surface area contributed by atoms with Gasteiger partial charge in [-0.05, 0) is 26.3 Å². The average Bonchev–Trinajstić information content (AvgIpc) is 2.38. The van der Waals surface area contributed by atoms with Gasteiger partial charge in [0.1, 0.15) is 5.60 Å². The Morgan fingerprint density at radius 1 is 1.26 bits per heavy atom. The van der Waals surface area contributed by atoms with E-state index >= 15 is 0 Å². The topological polar surface area (TPSA) is 29.5 Å². The van der Waals surface area contributed by atoms with Gasteiger partial charge in [-0.25, -0.2) is 4.79 Å². The van der Waals surface area contributed by atoms with Crippen molar-refractivity contribution in [1.29, 1.82) is 0 Å². The van der Waals surface area contributed by atoms with Gasteiger partial charge in [-0.3, -0.25) is 0 Å². The molecule has 0 N–H and O–H groups in total. The summed E-state index contributed by atoms with van der Waals surface area (Å²) in [4.78, 5) is 13.8. The van der Waals surface area contributed by atoms with Gasteiger partial charge in [0.2, 0.25) is 0 Å². The van der Waals surface area contributed by atoms with Crippen molar-refractivity contribution >= 4 is 6.09 Å². The summed E-state index contributed by atoms with van der Waals surface area (Å²) in [6.07, 6.45) is 3.96. The van der Waals surface area contributed by atoms with Crippen LogP contribution >= 0.6 is 0 Å². The van der Waals surface area contributed by atoms with Crippen molar-refractivity contribution in [3.8, 4) is 0 Å². The lowest BCUT2D eigenvalue weighted by molar-refractivity contribution is 0.0259. The third-order valence-corrected chi connectivity index (χ3v) is 2.99. The summed E-state index contributed by atoms with van der Waals surface area (Å²) in [7, 11) is 0. The van der Waals surface area contributed by atoms with E-state index in [2.05, 4.69) is 18.2 Å². The van der Waals surface area contributed by atoms with Gasteiger partial charge in [-0.2, -0.15) is 0 Å². The van der Waals surface area contributed by atoms with E-state index in [9.17, 15) is 4.79 Å². The van der Waals surface area contributed by atoms with Crippen LogP contribution in [0.1, 0.15) is 32.3 Å². The normalized spacial score (nSPS) is 19.3. The smallest absolute Gasteiger partial charge is 0.410 e. The second kappa shape index (κ2) is 5.47. The van der Waals surface area contributed by atoms with Crippen LogP contribution in [0, 0.1) is 0 Å². The molecule has 0 aromatic heterocycles. The fourth-order valence-corrected chi connectivity index (χ4v) is 2.12. The minimum Gasteiger partial charge on any atom is -0.444 e. The molecule has 1 amide bonds. The first-order valence-electron chi connectivity index (χ1n) is 6.65. The number of rotatable bonds is 1. The van der Waals surface area contributed by atoms with Gasteiger partial charge in [-0.15, -0.1) is 0 Å². The Hall–Kier alpha value is -1.77. The molecule has 0 spiro atoms. The summed E-state index contributed by atoms with van der Waals surface area (Å²) in [5.41, 5.74) is 0.785. The van der Waals surface area contributed by atoms with E-state index in [1.807, 2.05) is 45.0 Å². The zero-order valence-corrected chi connectivity index (χ0v) is 11.8. The number of carbonyl (C=O) groups is 1. The van der Waals surface area contributed by atoms with Crippen LogP contribution in [0.4, 0.5) is 4.79 Å². The molecule has 3 nitrogen and oxygen atoms in total. The van der Waals surface area contributed by atoms with Crippen LogP contribution in [0.2, 0.25) is 0 Å². The number of hydrogen-bond donors (Lipinski definition) is 0. The van der Waals surface area contributed by atoms with E-state index in [1.54, 1.807) is 4.90 Å². The maximum Gasteiger partial charge on any atom is 0.410 e. The van der Waals surface area contributed by atoms with Crippen LogP contribution in [0.25, 0.3) is 0 Å². The molecule has 1 aliphatic rings. The summed E-state index contributed by atoms with van der Waals surface area (Å²) in [5, 5.41) is 0. The van der Waals surface area contributed by atoms with Crippen LogP contribution in [-0.2, 0) is 4.74 Å². The summed E-state index contributed by atoms with van der Waals surface area (Å²) in [5.74, 6) is 0.252. The molecular weight excluding hydrogens is 238 g/mol. The molecular formula is C16H21NO2. The van der Waals surface area contributed by atoms with Crippen LogP contribution in [0.3, 0.4) is 0 Å². The molecule has 0 fully saturated rings. The fourth-order valence-electron chi connectivity index (χ4n) is 2.12. The number of benzene rings is 1. The SMILES string of the molecule is CC(C)(C)OC(=O)N1CC=C[C@H](c2ccccc2)C1. The Morgan fingerprint density at radius 3 is 2.58 bits per heavy atom. The van der Waals surface area contributed by atoms with Gasteiger partial charge in [0.05, 0.1) is 0 Å². The van der Waals surface area contributed by atoms with Crippen molar-refractivity contribution in [2.45, 2.75) is 32.3 Å². The highest BCUT2D eigenvalue weighted by molar-refractivity contribution is 5.68. The molecule has 3 heteroatoms. The molecule has 0 radical (unpaired) electrons. The van der Waals surface area contributed by atoms with Gasteiger partial charge >= 0.3 is 6.09 Å². The molecule has 1 atom stereocenters. The molecule has 1 aromatic carbocycles. The van der Waals surface area contributed by atoms with Crippen molar-refractivity contribution in [2.24, 2.45) is 0 Å². The van der Waals surface area contributed by atoms with Crippen LogP contribution < -0.4 is 0 Å². The van der Waals surface area contributed by atoms with Gasteiger partial charge in [0.15, 0.2) is 0 Å². The zero-order valence-electron chi connectivity index (χ0n) is 11.8. The maximum atomic E-state index is 12.1. The average molecular weight is 259 g/mol. The number of hydrogen-bond acceptors (Lipinski definition) is 2. The second-order valence-electron chi connectivity index (χ2n) is 5.83. The Bertz CT molecular complexity index is 459. The van der Waals surface area contributed by atoms with E-state index in [0.29, 0.717) is 13.1 Å². The van der Waals surface area contributed by atoms with Gasteiger partial charge in [-0.1, -0.05) is 42.5 Å². The fraction of sp³-hybridized carbons (Fsp3) is 0.438. The van der Waals surface area contributed by atoms with Crippen molar-refractivity contribution in [2.75, 3.05) is 13.1 Å². The number of carbonyl (C=O) groups excluding carboxylic acids is 1. The minimum atomic E-state index is -0.444. The largest absolute Gasteiger partial charge is 0.444 e. The molecule has 0 unspecified atom stereocenters. The molecule has 0 saturated heterocycles. The van der Waals surface area contributed by atoms with Gasteiger partial charge < -0.3 is 9.64 Å². The Kier molecular flexibility index (Phi) is 3.93. The van der Waals surface area contributed by atoms with E-state index < -0.39 is 5.60 Å². The molecule has 0 bridgehead atoms. The third kappa shape index (κ3) is 3.85. The second-order valence-corrected chi connectivity index (χ2v) is 5.83. The van der Waals surface area contributed by atoms with Crippen molar-refractivity contribution in [3.05, 3.63) is 48.0 Å². The maximum absolute atomic E-state index is 12.1. The van der Waals surface area contributed by atoms with Crippen LogP contribution in [0.5, 0.6) is 0 Å². The van der Waals surface area contributed by atoms with Crippen molar-refractivity contribution in [1.82, 2.24) is 4.90 Å². The Labute approximate surface area is 114 Å². The molecule has 1 heterocycles. The summed E-state index contributed by atoms with van der Waals surface area (Å²) in [6.45, 7) is 6.96. The van der Waals surface area contributed by atoms with Gasteiger partial charge in [0, 0.05) is 19.0 Å². The van der Waals surface area contributed by atoms with Crippen molar-refractivity contribution < 1.29 is 9.53 Å². The van der Waals surface area contributed by atoms with E-state index in [4.69, 9.17) is 4.74 Å². The molecule has 1 aromatic rings. The highest BCUT2D eigenvalue weighted by atomic mass is 16.6. The van der Waals surface area contributed by atoms with E-state index in [0.717, 1.165) is 0 Å². The van der Waals surface area contributed by atoms with E-state index in [-0.39, 0.29) is 12.0 Å². The predicted octanol–water partition coefficient (Wildman–Crippen LogP) is 3.58. The molecule has 102 valence electrons. The van der Waals surface area contributed by atoms with Gasteiger partial charge in [0.25, 0.3) is 0 Å². The summed E-state index contributed by atoms with van der Waals surface area (Å²) < 4.78 is 5.41. The predicted molar refractivity (Wildman–Crippen MR) is 76.1 cm³/mol. The minimum absolute atomic E-state index is 0.238. The zero-order chi connectivity index (χ0) is 13.9. The monoisotopic (exact) mass is 259 g/mol. The first-order chi connectivity index (χ1) is 8.96. The number of nitrogens with zero attached hydrogens (tertiary/aromatic N) is 1. The summed E-state index contributed by atoms with van der Waals surface area (Å²) in [6, 6.07) is 10.2. The Balaban J connectivity index is 2.04. The first-order valence-corrected chi connectivity index (χ1v) is 6.65. The Morgan fingerprint density at radius 2 is 1.95 bits per heavy atom.